The highest BCUT2D eigenvalue weighted by Gasteiger charge is 2.16. The van der Waals surface area contributed by atoms with Crippen LogP contribution in [0.25, 0.3) is 17.2 Å². The highest BCUT2D eigenvalue weighted by molar-refractivity contribution is 5.79. The van der Waals surface area contributed by atoms with Gasteiger partial charge in [-0.25, -0.2) is 4.57 Å². The third-order valence-electron chi connectivity index (χ3n) is 3.18. The second kappa shape index (κ2) is 5.13. The van der Waals surface area contributed by atoms with Crippen LogP contribution in [0.4, 0.5) is 5.82 Å². The zero-order chi connectivity index (χ0) is 13.9. The molecule has 1 aromatic carbocycles. The van der Waals surface area contributed by atoms with Crippen molar-refractivity contribution in [2.45, 2.75) is 6.54 Å². The second-order valence-electron chi connectivity index (χ2n) is 4.62. The summed E-state index contributed by atoms with van der Waals surface area (Å²) < 4.78 is 3.99. The number of anilines is 1. The SMILES string of the molecule is C[n+]1cn(C/C=C/c2ccccc2)c2c(N)ncnc21. The Morgan fingerprint density at radius 2 is 2.05 bits per heavy atom. The predicted molar refractivity (Wildman–Crippen MR) is 78.6 cm³/mol. The minimum atomic E-state index is 0.503. The van der Waals surface area contributed by atoms with Gasteiger partial charge in [0.1, 0.15) is 0 Å². The molecule has 5 heteroatoms. The number of nitrogen functional groups attached to an aromatic ring is 1. The molecular formula is C15H16N5+. The van der Waals surface area contributed by atoms with Crippen molar-refractivity contribution in [2.75, 3.05) is 5.73 Å². The molecule has 3 aromatic rings. The molecule has 2 aromatic heterocycles. The number of allylic oxidation sites excluding steroid dienone is 1. The van der Waals surface area contributed by atoms with Gasteiger partial charge in [-0.15, -0.1) is 0 Å². The lowest BCUT2D eigenvalue weighted by Gasteiger charge is -1.96. The van der Waals surface area contributed by atoms with Crippen molar-refractivity contribution in [3.05, 3.63) is 54.6 Å². The summed E-state index contributed by atoms with van der Waals surface area (Å²) in [4.78, 5) is 8.31. The van der Waals surface area contributed by atoms with Crippen LogP contribution in [-0.4, -0.2) is 14.5 Å². The number of aryl methyl sites for hydroxylation is 1. The highest BCUT2D eigenvalue weighted by Crippen LogP contribution is 2.14. The summed E-state index contributed by atoms with van der Waals surface area (Å²) in [7, 11) is 1.95. The Labute approximate surface area is 117 Å². The number of rotatable bonds is 3. The Hall–Kier alpha value is -2.69. The van der Waals surface area contributed by atoms with Crippen molar-refractivity contribution >= 4 is 23.1 Å². The maximum atomic E-state index is 5.94. The largest absolute Gasteiger partial charge is 0.380 e. The summed E-state index contributed by atoms with van der Waals surface area (Å²) >= 11 is 0. The minimum Gasteiger partial charge on any atom is -0.380 e. The number of aromatic nitrogens is 4. The van der Waals surface area contributed by atoms with Gasteiger partial charge in [-0.1, -0.05) is 41.4 Å². The van der Waals surface area contributed by atoms with Gasteiger partial charge in [0, 0.05) is 0 Å². The van der Waals surface area contributed by atoms with Crippen LogP contribution < -0.4 is 10.3 Å². The molecule has 2 N–H and O–H groups in total. The van der Waals surface area contributed by atoms with E-state index in [0.717, 1.165) is 17.7 Å². The summed E-state index contributed by atoms with van der Waals surface area (Å²) in [6.07, 6.45) is 7.65. The first kappa shape index (κ1) is 12.3. The zero-order valence-electron chi connectivity index (χ0n) is 11.3. The van der Waals surface area contributed by atoms with Gasteiger partial charge in [0.25, 0.3) is 0 Å². The Morgan fingerprint density at radius 3 is 2.85 bits per heavy atom. The summed E-state index contributed by atoms with van der Waals surface area (Å²) in [5, 5.41) is 0. The quantitative estimate of drug-likeness (QED) is 0.732. The lowest BCUT2D eigenvalue weighted by atomic mass is 10.2. The van der Waals surface area contributed by atoms with Crippen LogP contribution in [0.1, 0.15) is 5.56 Å². The van der Waals surface area contributed by atoms with Gasteiger partial charge in [0.2, 0.25) is 5.52 Å². The fraction of sp³-hybridized carbons (Fsp3) is 0.133. The number of nitrogens with zero attached hydrogens (tertiary/aromatic N) is 4. The molecule has 0 amide bonds. The average molecular weight is 266 g/mol. The molecule has 3 rings (SSSR count). The van der Waals surface area contributed by atoms with E-state index in [9.17, 15) is 0 Å². The van der Waals surface area contributed by atoms with Crippen molar-refractivity contribution in [1.29, 1.82) is 0 Å². The smallest absolute Gasteiger partial charge is 0.307 e. The summed E-state index contributed by atoms with van der Waals surface area (Å²) in [6, 6.07) is 10.2. The first-order valence-electron chi connectivity index (χ1n) is 6.42. The van der Waals surface area contributed by atoms with E-state index in [2.05, 4.69) is 34.3 Å². The van der Waals surface area contributed by atoms with Crippen LogP contribution >= 0.6 is 0 Å². The second-order valence-corrected chi connectivity index (χ2v) is 4.62. The Morgan fingerprint density at radius 1 is 1.25 bits per heavy atom. The number of fused-ring (bicyclic) bond motifs is 1. The van der Waals surface area contributed by atoms with Gasteiger partial charge in [0.05, 0.1) is 13.6 Å². The molecule has 0 radical (unpaired) electrons. The normalized spacial score (nSPS) is 11.4. The molecule has 0 atom stereocenters. The average Bonchev–Trinajstić information content (AvgIpc) is 2.78. The molecule has 5 nitrogen and oxygen atoms in total. The molecule has 0 aliphatic carbocycles. The topological polar surface area (TPSA) is 60.6 Å². The molecule has 0 fully saturated rings. The number of benzene rings is 1. The minimum absolute atomic E-state index is 0.503. The number of hydrogen-bond acceptors (Lipinski definition) is 3. The van der Waals surface area contributed by atoms with Gasteiger partial charge in [-0.05, 0) is 11.6 Å². The summed E-state index contributed by atoms with van der Waals surface area (Å²) in [5.41, 5.74) is 8.83. The van der Waals surface area contributed by atoms with Crippen molar-refractivity contribution < 1.29 is 4.57 Å². The molecule has 2 heterocycles. The molecule has 0 aliphatic heterocycles. The molecule has 0 bridgehead atoms. The van der Waals surface area contributed by atoms with Crippen molar-refractivity contribution in [2.24, 2.45) is 7.05 Å². The number of hydrogen-bond donors (Lipinski definition) is 1. The van der Waals surface area contributed by atoms with Crippen molar-refractivity contribution in [1.82, 2.24) is 14.5 Å². The van der Waals surface area contributed by atoms with Crippen LogP contribution in [0.5, 0.6) is 0 Å². The van der Waals surface area contributed by atoms with E-state index in [1.165, 1.54) is 11.9 Å². The molecule has 0 saturated heterocycles. The van der Waals surface area contributed by atoms with Gasteiger partial charge in [-0.3, -0.25) is 4.57 Å². The highest BCUT2D eigenvalue weighted by atomic mass is 15.2. The third-order valence-corrected chi connectivity index (χ3v) is 3.18. The van der Waals surface area contributed by atoms with E-state index < -0.39 is 0 Å². The van der Waals surface area contributed by atoms with E-state index in [4.69, 9.17) is 5.73 Å². The molecule has 0 unspecified atom stereocenters. The van der Waals surface area contributed by atoms with Gasteiger partial charge in [0.15, 0.2) is 18.5 Å². The molecule has 0 aliphatic rings. The van der Waals surface area contributed by atoms with Gasteiger partial charge < -0.3 is 5.73 Å². The molecule has 100 valence electrons. The summed E-state index contributed by atoms with van der Waals surface area (Å²) in [6.45, 7) is 0.726. The van der Waals surface area contributed by atoms with Crippen LogP contribution in [0.2, 0.25) is 0 Å². The van der Waals surface area contributed by atoms with E-state index in [1.807, 2.05) is 40.7 Å². The van der Waals surface area contributed by atoms with E-state index in [1.54, 1.807) is 0 Å². The monoisotopic (exact) mass is 266 g/mol. The molecule has 0 saturated carbocycles. The van der Waals surface area contributed by atoms with Crippen LogP contribution in [0, 0.1) is 0 Å². The van der Waals surface area contributed by atoms with E-state index in [0.29, 0.717) is 5.82 Å². The number of nitrogens with two attached hydrogens (primary N) is 1. The fourth-order valence-electron chi connectivity index (χ4n) is 2.24. The van der Waals surface area contributed by atoms with Crippen LogP contribution in [0.3, 0.4) is 0 Å². The molecule has 20 heavy (non-hydrogen) atoms. The predicted octanol–water partition coefficient (Wildman–Crippen LogP) is 1.55. The molecular weight excluding hydrogens is 250 g/mol. The van der Waals surface area contributed by atoms with Crippen molar-refractivity contribution in [3.63, 3.8) is 0 Å². The fourth-order valence-corrected chi connectivity index (χ4v) is 2.24. The third kappa shape index (κ3) is 2.25. The zero-order valence-corrected chi connectivity index (χ0v) is 11.3. The van der Waals surface area contributed by atoms with E-state index >= 15 is 0 Å². The van der Waals surface area contributed by atoms with E-state index in [-0.39, 0.29) is 0 Å². The van der Waals surface area contributed by atoms with Gasteiger partial charge in [-0.2, -0.15) is 4.98 Å². The van der Waals surface area contributed by atoms with Crippen LogP contribution in [0.15, 0.2) is 49.1 Å². The first-order chi connectivity index (χ1) is 9.75. The van der Waals surface area contributed by atoms with Gasteiger partial charge >= 0.3 is 5.65 Å². The number of imidazole rings is 1. The maximum Gasteiger partial charge on any atom is 0.307 e. The molecule has 0 spiro atoms. The summed E-state index contributed by atoms with van der Waals surface area (Å²) in [5.74, 6) is 0.503. The Bertz CT molecular complexity index is 759. The van der Waals surface area contributed by atoms with Crippen molar-refractivity contribution in [3.8, 4) is 0 Å². The lowest BCUT2D eigenvalue weighted by Crippen LogP contribution is -2.26. The van der Waals surface area contributed by atoms with Crippen LogP contribution in [-0.2, 0) is 13.6 Å². The first-order valence-corrected chi connectivity index (χ1v) is 6.42. The Kier molecular flexibility index (Phi) is 3.16. The maximum absolute atomic E-state index is 5.94. The Balaban J connectivity index is 1.90. The lowest BCUT2D eigenvalue weighted by molar-refractivity contribution is -0.647. The standard InChI is InChI=1S/C15H16N5/c1-19-11-20(13-14(16)17-10-18-15(13)19)9-5-8-12-6-3-2-4-7-12/h2-8,10-11H,9H2,1H3,(H2,16,17,18)/q+1/b8-5+.